The number of rotatable bonds is 4. The number of halogens is 3. The first-order valence-corrected chi connectivity index (χ1v) is 9.03. The highest BCUT2D eigenvalue weighted by Gasteiger charge is 2.31. The van der Waals surface area contributed by atoms with E-state index >= 15 is 0 Å². The third kappa shape index (κ3) is 4.07. The summed E-state index contributed by atoms with van der Waals surface area (Å²) in [6, 6.07) is 8.27. The van der Waals surface area contributed by atoms with Crippen LogP contribution in [0.2, 0.25) is 0 Å². The summed E-state index contributed by atoms with van der Waals surface area (Å²) >= 11 is 0. The molecule has 0 aliphatic carbocycles. The van der Waals surface area contributed by atoms with Gasteiger partial charge in [-0.15, -0.1) is 0 Å². The average Bonchev–Trinajstić information content (AvgIpc) is 3.15. The SMILES string of the molecule is O=[N+]([O-])c1cc2c(cc1CN1CCN(c3cccc(C(F)(F)F)c3)CC1)OCO2. The molecule has 0 radical (unpaired) electrons. The number of nitro benzene ring substituents is 1. The maximum absolute atomic E-state index is 12.9. The first kappa shape index (κ1) is 19.3. The first-order chi connectivity index (χ1) is 13.8. The molecule has 2 aromatic carbocycles. The third-order valence-electron chi connectivity index (χ3n) is 5.08. The van der Waals surface area contributed by atoms with Gasteiger partial charge in [-0.25, -0.2) is 0 Å². The number of hydrogen-bond donors (Lipinski definition) is 0. The number of nitrogens with zero attached hydrogens (tertiary/aromatic N) is 3. The predicted molar refractivity (Wildman–Crippen MR) is 98.2 cm³/mol. The summed E-state index contributed by atoms with van der Waals surface area (Å²) in [5, 5.41) is 11.4. The Morgan fingerprint density at radius 3 is 2.38 bits per heavy atom. The van der Waals surface area contributed by atoms with E-state index in [9.17, 15) is 23.3 Å². The Hall–Kier alpha value is -3.01. The van der Waals surface area contributed by atoms with Gasteiger partial charge < -0.3 is 14.4 Å². The molecule has 7 nitrogen and oxygen atoms in total. The van der Waals surface area contributed by atoms with Crippen LogP contribution < -0.4 is 14.4 Å². The molecule has 0 amide bonds. The standard InChI is InChI=1S/C19H18F3N3O4/c20-19(21,22)14-2-1-3-15(9-14)24-6-4-23(5-7-24)11-13-8-17-18(29-12-28-17)10-16(13)25(26)27/h1-3,8-10H,4-7,11-12H2. The van der Waals surface area contributed by atoms with E-state index in [1.807, 2.05) is 9.80 Å². The van der Waals surface area contributed by atoms with Crippen molar-refractivity contribution >= 4 is 11.4 Å². The van der Waals surface area contributed by atoms with Crippen LogP contribution in [-0.2, 0) is 12.7 Å². The average molecular weight is 409 g/mol. The van der Waals surface area contributed by atoms with Crippen molar-refractivity contribution in [2.45, 2.75) is 12.7 Å². The van der Waals surface area contributed by atoms with Gasteiger partial charge in [-0.1, -0.05) is 6.07 Å². The second-order valence-electron chi connectivity index (χ2n) is 6.90. The van der Waals surface area contributed by atoms with E-state index in [4.69, 9.17) is 9.47 Å². The number of fused-ring (bicyclic) bond motifs is 1. The van der Waals surface area contributed by atoms with Gasteiger partial charge in [-0.2, -0.15) is 13.2 Å². The summed E-state index contributed by atoms with van der Waals surface area (Å²) in [5.74, 6) is 0.836. The lowest BCUT2D eigenvalue weighted by atomic mass is 10.1. The summed E-state index contributed by atoms with van der Waals surface area (Å²) in [6.07, 6.45) is -4.38. The van der Waals surface area contributed by atoms with Crippen LogP contribution in [-0.4, -0.2) is 42.8 Å². The second-order valence-corrected chi connectivity index (χ2v) is 6.90. The number of nitro groups is 1. The van der Waals surface area contributed by atoms with Gasteiger partial charge in [0, 0.05) is 44.0 Å². The summed E-state index contributed by atoms with van der Waals surface area (Å²) < 4.78 is 49.3. The largest absolute Gasteiger partial charge is 0.454 e. The van der Waals surface area contributed by atoms with E-state index in [2.05, 4.69) is 0 Å². The van der Waals surface area contributed by atoms with Gasteiger partial charge in [0.15, 0.2) is 11.5 Å². The van der Waals surface area contributed by atoms with Gasteiger partial charge in [0.1, 0.15) is 0 Å². The van der Waals surface area contributed by atoms with Gasteiger partial charge in [-0.05, 0) is 24.3 Å². The highest BCUT2D eigenvalue weighted by Crippen LogP contribution is 2.38. The van der Waals surface area contributed by atoms with Crippen LogP contribution in [0.4, 0.5) is 24.5 Å². The third-order valence-corrected chi connectivity index (χ3v) is 5.08. The molecule has 0 atom stereocenters. The van der Waals surface area contributed by atoms with Crippen LogP contribution in [0.25, 0.3) is 0 Å². The van der Waals surface area contributed by atoms with E-state index in [-0.39, 0.29) is 12.5 Å². The summed E-state index contributed by atoms with van der Waals surface area (Å²) in [5.41, 5.74) is 0.336. The molecule has 0 saturated carbocycles. The molecule has 29 heavy (non-hydrogen) atoms. The van der Waals surface area contributed by atoms with E-state index in [0.717, 1.165) is 12.1 Å². The Kier molecular flexibility index (Phi) is 4.95. The van der Waals surface area contributed by atoms with Crippen LogP contribution in [0.5, 0.6) is 11.5 Å². The van der Waals surface area contributed by atoms with Crippen LogP contribution in [0, 0.1) is 10.1 Å². The van der Waals surface area contributed by atoms with E-state index < -0.39 is 16.7 Å². The zero-order valence-corrected chi connectivity index (χ0v) is 15.3. The maximum atomic E-state index is 12.9. The highest BCUT2D eigenvalue weighted by atomic mass is 19.4. The highest BCUT2D eigenvalue weighted by molar-refractivity contribution is 5.55. The van der Waals surface area contributed by atoms with Crippen LogP contribution in [0.15, 0.2) is 36.4 Å². The van der Waals surface area contributed by atoms with Crippen LogP contribution >= 0.6 is 0 Å². The molecular weight excluding hydrogens is 391 g/mol. The van der Waals surface area contributed by atoms with E-state index in [0.29, 0.717) is 55.5 Å². The normalized spacial score (nSPS) is 16.9. The molecule has 0 aromatic heterocycles. The minimum atomic E-state index is -4.38. The molecule has 2 aliphatic heterocycles. The second kappa shape index (κ2) is 7.43. The topological polar surface area (TPSA) is 68.1 Å². The fourth-order valence-electron chi connectivity index (χ4n) is 3.55. The first-order valence-electron chi connectivity index (χ1n) is 9.03. The number of benzene rings is 2. The molecule has 2 aromatic rings. The Morgan fingerprint density at radius 1 is 1.03 bits per heavy atom. The smallest absolute Gasteiger partial charge is 0.416 e. The number of anilines is 1. The number of alkyl halides is 3. The fraction of sp³-hybridized carbons (Fsp3) is 0.368. The molecule has 154 valence electrons. The van der Waals surface area contributed by atoms with E-state index in [1.165, 1.54) is 12.1 Å². The monoisotopic (exact) mass is 409 g/mol. The van der Waals surface area contributed by atoms with Gasteiger partial charge in [0.25, 0.3) is 5.69 Å². The van der Waals surface area contributed by atoms with Gasteiger partial charge in [0.05, 0.1) is 16.6 Å². The molecular formula is C19H18F3N3O4. The molecule has 0 N–H and O–H groups in total. The Bertz CT molecular complexity index is 927. The molecule has 0 unspecified atom stereocenters. The van der Waals surface area contributed by atoms with Crippen molar-refractivity contribution < 1.29 is 27.6 Å². The number of hydrogen-bond acceptors (Lipinski definition) is 6. The quantitative estimate of drug-likeness (QED) is 0.567. The lowest BCUT2D eigenvalue weighted by Gasteiger charge is -2.36. The number of piperazine rings is 1. The molecule has 10 heteroatoms. The maximum Gasteiger partial charge on any atom is 0.416 e. The zero-order chi connectivity index (χ0) is 20.6. The van der Waals surface area contributed by atoms with Gasteiger partial charge in [-0.3, -0.25) is 15.0 Å². The predicted octanol–water partition coefficient (Wildman–Crippen LogP) is 3.66. The molecule has 1 fully saturated rings. The minimum Gasteiger partial charge on any atom is -0.454 e. The van der Waals surface area contributed by atoms with E-state index in [1.54, 1.807) is 12.1 Å². The molecule has 2 heterocycles. The lowest BCUT2D eigenvalue weighted by molar-refractivity contribution is -0.385. The molecule has 1 saturated heterocycles. The van der Waals surface area contributed by atoms with Crippen LogP contribution in [0.1, 0.15) is 11.1 Å². The molecule has 2 aliphatic rings. The molecule has 4 rings (SSSR count). The number of ether oxygens (including phenoxy) is 2. The molecule has 0 bridgehead atoms. The van der Waals surface area contributed by atoms with Gasteiger partial charge >= 0.3 is 6.18 Å². The van der Waals surface area contributed by atoms with Crippen molar-refractivity contribution in [2.24, 2.45) is 0 Å². The molecule has 0 spiro atoms. The van der Waals surface area contributed by atoms with Crippen molar-refractivity contribution in [3.05, 3.63) is 57.6 Å². The minimum absolute atomic E-state index is 0.0328. The van der Waals surface area contributed by atoms with Crippen molar-refractivity contribution in [2.75, 3.05) is 37.9 Å². The Morgan fingerprint density at radius 2 is 1.72 bits per heavy atom. The summed E-state index contributed by atoms with van der Waals surface area (Å²) in [6.45, 7) is 2.58. The van der Waals surface area contributed by atoms with Crippen molar-refractivity contribution in [1.82, 2.24) is 4.90 Å². The van der Waals surface area contributed by atoms with Crippen molar-refractivity contribution in [3.63, 3.8) is 0 Å². The van der Waals surface area contributed by atoms with Gasteiger partial charge in [0.2, 0.25) is 6.79 Å². The van der Waals surface area contributed by atoms with Crippen LogP contribution in [0.3, 0.4) is 0 Å². The van der Waals surface area contributed by atoms with Crippen molar-refractivity contribution in [1.29, 1.82) is 0 Å². The summed E-state index contributed by atoms with van der Waals surface area (Å²) in [7, 11) is 0. The lowest BCUT2D eigenvalue weighted by Crippen LogP contribution is -2.46. The fourth-order valence-corrected chi connectivity index (χ4v) is 3.55. The Balaban J connectivity index is 1.44. The Labute approximate surface area is 164 Å². The zero-order valence-electron chi connectivity index (χ0n) is 15.3. The summed E-state index contributed by atoms with van der Waals surface area (Å²) in [4.78, 5) is 14.9. The van der Waals surface area contributed by atoms with Crippen molar-refractivity contribution in [3.8, 4) is 11.5 Å².